The fraction of sp³-hybridized carbons (Fsp3) is 0.583. The highest BCUT2D eigenvalue weighted by atomic mass is 35.5. The van der Waals surface area contributed by atoms with Gasteiger partial charge in [0.05, 0.1) is 10.7 Å². The maximum atomic E-state index is 12.1. The normalized spacial score (nSPS) is 16.2. The number of piperidine rings is 1. The highest BCUT2D eigenvalue weighted by molar-refractivity contribution is 6.31. The molecule has 20 heavy (non-hydrogen) atoms. The highest BCUT2D eigenvalue weighted by Gasteiger charge is 2.27. The number of nitrogens with zero attached hydrogens (tertiary/aromatic N) is 3. The Morgan fingerprint density at radius 1 is 1.50 bits per heavy atom. The first kappa shape index (κ1) is 14.8. The number of carbonyl (C=O) groups excluding carboxylic acids is 2. The Balaban J connectivity index is 1.87. The number of aromatic nitrogens is 2. The van der Waals surface area contributed by atoms with Gasteiger partial charge in [-0.15, -0.1) is 0 Å². The van der Waals surface area contributed by atoms with Gasteiger partial charge >= 0.3 is 0 Å². The molecule has 0 aliphatic carbocycles. The number of rotatable bonds is 3. The predicted molar refractivity (Wildman–Crippen MR) is 73.6 cm³/mol. The van der Waals surface area contributed by atoms with Crippen LogP contribution in [-0.4, -0.2) is 39.6 Å². The van der Waals surface area contributed by atoms with Crippen molar-refractivity contribution in [2.75, 3.05) is 13.1 Å². The van der Waals surface area contributed by atoms with Gasteiger partial charge in [0.2, 0.25) is 11.8 Å². The largest absolute Gasteiger partial charge is 0.341 e. The molecule has 2 rings (SSSR count). The van der Waals surface area contributed by atoms with E-state index in [1.54, 1.807) is 22.7 Å². The third kappa shape index (κ3) is 3.29. The van der Waals surface area contributed by atoms with Crippen LogP contribution in [0.25, 0.3) is 0 Å². The number of nitrogens with two attached hydrogens (primary N) is 1. The fourth-order valence-corrected chi connectivity index (χ4v) is 2.47. The number of hydrogen-bond acceptors (Lipinski definition) is 4. The first-order chi connectivity index (χ1) is 9.51. The van der Waals surface area contributed by atoms with Crippen LogP contribution in [0.3, 0.4) is 0 Å². The van der Waals surface area contributed by atoms with Crippen molar-refractivity contribution in [3.8, 4) is 0 Å². The minimum absolute atomic E-state index is 0.0178. The maximum Gasteiger partial charge on any atom is 0.244 e. The summed E-state index contributed by atoms with van der Waals surface area (Å²) in [5, 5.41) is 4.71. The van der Waals surface area contributed by atoms with Gasteiger partial charge < -0.3 is 4.90 Å². The van der Waals surface area contributed by atoms with Crippen LogP contribution in [0, 0.1) is 12.8 Å². The van der Waals surface area contributed by atoms with E-state index in [4.69, 9.17) is 17.4 Å². The third-order valence-corrected chi connectivity index (χ3v) is 3.92. The topological polar surface area (TPSA) is 93.2 Å². The Morgan fingerprint density at radius 3 is 2.65 bits per heavy atom. The maximum absolute atomic E-state index is 12.1. The summed E-state index contributed by atoms with van der Waals surface area (Å²) >= 11 is 5.90. The zero-order valence-corrected chi connectivity index (χ0v) is 12.1. The molecule has 0 aromatic carbocycles. The van der Waals surface area contributed by atoms with Crippen LogP contribution in [0.2, 0.25) is 5.02 Å². The molecule has 0 saturated carbocycles. The van der Waals surface area contributed by atoms with Crippen molar-refractivity contribution in [2.24, 2.45) is 11.8 Å². The lowest BCUT2D eigenvalue weighted by Gasteiger charge is -2.31. The van der Waals surface area contributed by atoms with Crippen LogP contribution in [0.15, 0.2) is 6.20 Å². The second kappa shape index (κ2) is 6.23. The van der Waals surface area contributed by atoms with E-state index in [-0.39, 0.29) is 24.3 Å². The quantitative estimate of drug-likeness (QED) is 0.469. The summed E-state index contributed by atoms with van der Waals surface area (Å²) in [6, 6.07) is 0. The summed E-state index contributed by atoms with van der Waals surface area (Å²) in [6.07, 6.45) is 2.91. The second-order valence-corrected chi connectivity index (χ2v) is 5.33. The van der Waals surface area contributed by atoms with Crippen LogP contribution in [0.5, 0.6) is 0 Å². The number of likely N-dealkylation sites (tertiary alicyclic amines) is 1. The van der Waals surface area contributed by atoms with E-state index in [2.05, 4.69) is 10.5 Å². The van der Waals surface area contributed by atoms with Crippen molar-refractivity contribution in [1.29, 1.82) is 0 Å². The summed E-state index contributed by atoms with van der Waals surface area (Å²) < 4.78 is 1.54. The molecule has 0 spiro atoms. The predicted octanol–water partition coefficient (Wildman–Crippen LogP) is 0.0734. The molecule has 0 radical (unpaired) electrons. The SMILES string of the molecule is Cc1nn(CC(=O)N2CCC(C(=O)NN)CC2)cc1Cl. The molecule has 1 aromatic heterocycles. The van der Waals surface area contributed by atoms with E-state index in [1.807, 2.05) is 0 Å². The molecule has 2 heterocycles. The molecule has 1 fully saturated rings. The fourth-order valence-electron chi connectivity index (χ4n) is 2.32. The van der Waals surface area contributed by atoms with Crippen LogP contribution in [0.1, 0.15) is 18.5 Å². The number of aryl methyl sites for hydroxylation is 1. The Bertz CT molecular complexity index is 488. The van der Waals surface area contributed by atoms with E-state index in [0.29, 0.717) is 36.6 Å². The number of carbonyl (C=O) groups is 2. The molecule has 110 valence electrons. The highest BCUT2D eigenvalue weighted by Crippen LogP contribution is 2.18. The summed E-state index contributed by atoms with van der Waals surface area (Å²) in [7, 11) is 0. The van der Waals surface area contributed by atoms with Gasteiger partial charge in [0.15, 0.2) is 0 Å². The lowest BCUT2D eigenvalue weighted by molar-refractivity contribution is -0.136. The Hall–Kier alpha value is -1.60. The number of amides is 2. The van der Waals surface area contributed by atoms with Crippen molar-refractivity contribution in [3.63, 3.8) is 0 Å². The Kier molecular flexibility index (Phi) is 4.61. The van der Waals surface area contributed by atoms with Crippen molar-refractivity contribution >= 4 is 23.4 Å². The summed E-state index contributed by atoms with van der Waals surface area (Å²) in [4.78, 5) is 25.3. The molecule has 0 bridgehead atoms. The average Bonchev–Trinajstić information content (AvgIpc) is 2.76. The molecule has 3 N–H and O–H groups in total. The summed E-state index contributed by atoms with van der Waals surface area (Å²) in [5.74, 6) is 4.83. The zero-order valence-electron chi connectivity index (χ0n) is 11.3. The number of hydrazine groups is 1. The number of hydrogen-bond donors (Lipinski definition) is 2. The van der Waals surface area contributed by atoms with E-state index in [9.17, 15) is 9.59 Å². The van der Waals surface area contributed by atoms with Gasteiger partial charge in [-0.05, 0) is 19.8 Å². The van der Waals surface area contributed by atoms with Crippen molar-refractivity contribution < 1.29 is 9.59 Å². The molecule has 1 aromatic rings. The van der Waals surface area contributed by atoms with Crippen LogP contribution in [0.4, 0.5) is 0 Å². The molecule has 0 unspecified atom stereocenters. The van der Waals surface area contributed by atoms with E-state index >= 15 is 0 Å². The van der Waals surface area contributed by atoms with Crippen molar-refractivity contribution in [1.82, 2.24) is 20.1 Å². The summed E-state index contributed by atoms with van der Waals surface area (Å²) in [6.45, 7) is 3.08. The van der Waals surface area contributed by atoms with Gasteiger partial charge in [0, 0.05) is 25.2 Å². The molecule has 1 saturated heterocycles. The van der Waals surface area contributed by atoms with E-state index < -0.39 is 0 Å². The molecule has 0 atom stereocenters. The van der Waals surface area contributed by atoms with E-state index in [0.717, 1.165) is 0 Å². The van der Waals surface area contributed by atoms with Gasteiger partial charge in [-0.2, -0.15) is 5.10 Å². The lowest BCUT2D eigenvalue weighted by atomic mass is 9.96. The third-order valence-electron chi connectivity index (χ3n) is 3.54. The molecule has 7 nitrogen and oxygen atoms in total. The van der Waals surface area contributed by atoms with Crippen LogP contribution < -0.4 is 11.3 Å². The minimum Gasteiger partial charge on any atom is -0.341 e. The molecule has 1 aliphatic rings. The van der Waals surface area contributed by atoms with Gasteiger partial charge in [-0.1, -0.05) is 11.6 Å². The van der Waals surface area contributed by atoms with Crippen LogP contribution >= 0.6 is 11.6 Å². The molecule has 8 heteroatoms. The summed E-state index contributed by atoms with van der Waals surface area (Å²) in [5.41, 5.74) is 2.86. The lowest BCUT2D eigenvalue weighted by Crippen LogP contribution is -2.45. The standard InChI is InChI=1S/C12H18ClN5O2/c1-8-10(13)6-18(16-8)7-11(19)17-4-2-9(3-5-17)12(20)15-14/h6,9H,2-5,7,14H2,1H3,(H,15,20). The Morgan fingerprint density at radius 2 is 2.15 bits per heavy atom. The zero-order chi connectivity index (χ0) is 14.7. The van der Waals surface area contributed by atoms with Crippen molar-refractivity contribution in [3.05, 3.63) is 16.9 Å². The number of nitrogens with one attached hydrogen (secondary N) is 1. The van der Waals surface area contributed by atoms with Crippen molar-refractivity contribution in [2.45, 2.75) is 26.3 Å². The van der Waals surface area contributed by atoms with Gasteiger partial charge in [0.25, 0.3) is 0 Å². The first-order valence-corrected chi connectivity index (χ1v) is 6.87. The molecule has 1 aliphatic heterocycles. The first-order valence-electron chi connectivity index (χ1n) is 6.49. The second-order valence-electron chi connectivity index (χ2n) is 4.92. The number of halogens is 1. The molecular weight excluding hydrogens is 282 g/mol. The smallest absolute Gasteiger partial charge is 0.244 e. The van der Waals surface area contributed by atoms with Crippen LogP contribution in [-0.2, 0) is 16.1 Å². The van der Waals surface area contributed by atoms with Gasteiger partial charge in [-0.3, -0.25) is 19.7 Å². The van der Waals surface area contributed by atoms with E-state index in [1.165, 1.54) is 0 Å². The average molecular weight is 300 g/mol. The minimum atomic E-state index is -0.161. The van der Waals surface area contributed by atoms with Gasteiger partial charge in [-0.25, -0.2) is 5.84 Å². The molecule has 2 amide bonds. The Labute approximate surface area is 122 Å². The molecular formula is C12H18ClN5O2. The van der Waals surface area contributed by atoms with Gasteiger partial charge in [0.1, 0.15) is 6.54 Å². The monoisotopic (exact) mass is 299 g/mol.